The molecule has 2 aromatic heterocycles. The van der Waals surface area contributed by atoms with Crippen LogP contribution in [0, 0.1) is 0 Å². The topological polar surface area (TPSA) is 9.86 Å². The van der Waals surface area contributed by atoms with Crippen LogP contribution < -0.4 is 0 Å². The number of para-hydroxylation sites is 2. The zero-order valence-electron chi connectivity index (χ0n) is 30.5. The lowest BCUT2D eigenvalue weighted by atomic mass is 9.97. The summed E-state index contributed by atoms with van der Waals surface area (Å²) in [5.74, 6) is 0. The predicted octanol–water partition coefficient (Wildman–Crippen LogP) is 14.7. The van der Waals surface area contributed by atoms with Crippen LogP contribution in [0.2, 0.25) is 0 Å². The maximum Gasteiger partial charge on any atom is 0.0547 e. The summed E-state index contributed by atoms with van der Waals surface area (Å²) in [4.78, 5) is 0. The van der Waals surface area contributed by atoms with Crippen LogP contribution in [-0.4, -0.2) is 9.13 Å². The van der Waals surface area contributed by atoms with Crippen LogP contribution in [-0.2, 0) is 0 Å². The molecule has 2 nitrogen and oxygen atoms in total. The summed E-state index contributed by atoms with van der Waals surface area (Å²) in [7, 11) is 0. The van der Waals surface area contributed by atoms with E-state index in [1.54, 1.807) is 0 Å². The molecule has 2 heterocycles. The number of aromatic nitrogens is 2. The number of nitrogens with zero attached hydrogens (tertiary/aromatic N) is 2. The molecule has 12 rings (SSSR count). The van der Waals surface area contributed by atoms with E-state index >= 15 is 0 Å². The second-order valence-electron chi connectivity index (χ2n) is 14.9. The summed E-state index contributed by atoms with van der Waals surface area (Å²) >= 11 is 0. The van der Waals surface area contributed by atoms with Gasteiger partial charge in [-0.05, 0) is 103 Å². The molecule has 0 radical (unpaired) electrons. The Kier molecular flexibility index (Phi) is 6.66. The van der Waals surface area contributed by atoms with Crippen LogP contribution >= 0.6 is 0 Å². The SMILES string of the molecule is c1ccc2c(-c3ccc4c5ccccc5n(-c5ccc6cc(-n7c8ccccc8c8ccc(-c9cccc%10ccccc9%10)cc87)ccc6c5)c4c3)cccc2c1. The van der Waals surface area contributed by atoms with E-state index in [9.17, 15) is 0 Å². The van der Waals surface area contributed by atoms with Gasteiger partial charge in [0.1, 0.15) is 0 Å². The zero-order chi connectivity index (χ0) is 36.7. The van der Waals surface area contributed by atoms with E-state index in [1.807, 2.05) is 0 Å². The maximum atomic E-state index is 2.44. The largest absolute Gasteiger partial charge is 0.309 e. The average Bonchev–Trinajstić information content (AvgIpc) is 3.78. The minimum absolute atomic E-state index is 1.16. The normalized spacial score (nSPS) is 11.9. The zero-order valence-corrected chi connectivity index (χ0v) is 30.5. The van der Waals surface area contributed by atoms with Crippen molar-refractivity contribution in [3.8, 4) is 33.6 Å². The Bertz CT molecular complexity index is 3300. The fourth-order valence-electron chi connectivity index (χ4n) is 9.29. The molecule has 2 heteroatoms. The van der Waals surface area contributed by atoms with Crippen LogP contribution in [0.25, 0.3) is 110 Å². The summed E-state index contributed by atoms with van der Waals surface area (Å²) in [6.07, 6.45) is 0. The summed E-state index contributed by atoms with van der Waals surface area (Å²) in [5.41, 5.74) is 12.1. The van der Waals surface area contributed by atoms with Gasteiger partial charge in [-0.1, -0.05) is 158 Å². The number of hydrogen-bond acceptors (Lipinski definition) is 0. The van der Waals surface area contributed by atoms with Crippen molar-refractivity contribution in [3.63, 3.8) is 0 Å². The number of benzene rings is 10. The van der Waals surface area contributed by atoms with Gasteiger partial charge in [0.25, 0.3) is 0 Å². The van der Waals surface area contributed by atoms with Crippen molar-refractivity contribution in [1.29, 1.82) is 0 Å². The molecule has 260 valence electrons. The highest BCUT2D eigenvalue weighted by atomic mass is 15.0. The van der Waals surface area contributed by atoms with Crippen LogP contribution in [0.1, 0.15) is 0 Å². The second-order valence-corrected chi connectivity index (χ2v) is 14.9. The second kappa shape index (κ2) is 12.0. The first-order valence-corrected chi connectivity index (χ1v) is 19.3. The Hall–Kier alpha value is -7.42. The standard InChI is InChI=1S/C54H34N2/c1-3-15-43-35(11-1)13-9-19-45(43)39-25-29-49-47-17-5-7-21-51(47)55(53(49)33-39)41-27-23-38-32-42(28-24-37(38)31-41)56-52-22-8-6-18-48(52)50-30-26-40(34-54(50)56)46-20-10-14-36-12-2-4-16-44(36)46/h1-34H. The molecule has 12 aromatic rings. The van der Waals surface area contributed by atoms with Crippen LogP contribution in [0.5, 0.6) is 0 Å². The van der Waals surface area contributed by atoms with E-state index in [4.69, 9.17) is 0 Å². The van der Waals surface area contributed by atoms with Gasteiger partial charge in [-0.15, -0.1) is 0 Å². The van der Waals surface area contributed by atoms with Gasteiger partial charge in [-0.3, -0.25) is 0 Å². The molecule has 0 amide bonds. The van der Waals surface area contributed by atoms with Gasteiger partial charge in [0.15, 0.2) is 0 Å². The fraction of sp³-hybridized carbons (Fsp3) is 0. The minimum atomic E-state index is 1.16. The van der Waals surface area contributed by atoms with Crippen molar-refractivity contribution < 1.29 is 0 Å². The molecule has 0 N–H and O–H groups in total. The highest BCUT2D eigenvalue weighted by molar-refractivity contribution is 6.13. The molecule has 0 bridgehead atoms. The van der Waals surface area contributed by atoms with Crippen molar-refractivity contribution in [2.45, 2.75) is 0 Å². The number of rotatable bonds is 4. The van der Waals surface area contributed by atoms with E-state index in [1.165, 1.54) is 98.2 Å². The van der Waals surface area contributed by atoms with Crippen molar-refractivity contribution >= 4 is 75.9 Å². The molecule has 0 atom stereocenters. The first kappa shape index (κ1) is 31.0. The molecule has 0 aliphatic rings. The Morgan fingerprint density at radius 1 is 0.232 bits per heavy atom. The highest BCUT2D eigenvalue weighted by Gasteiger charge is 2.17. The van der Waals surface area contributed by atoms with Gasteiger partial charge in [0, 0.05) is 32.9 Å². The lowest BCUT2D eigenvalue weighted by molar-refractivity contribution is 1.18. The first-order chi connectivity index (χ1) is 27.8. The third kappa shape index (κ3) is 4.63. The Balaban J connectivity index is 1.02. The summed E-state index contributed by atoms with van der Waals surface area (Å²) < 4.78 is 4.88. The molecule has 0 unspecified atom stereocenters. The predicted molar refractivity (Wildman–Crippen MR) is 239 cm³/mol. The van der Waals surface area contributed by atoms with Gasteiger partial charge < -0.3 is 9.13 Å². The summed E-state index contributed by atoms with van der Waals surface area (Å²) in [6.45, 7) is 0. The van der Waals surface area contributed by atoms with Gasteiger partial charge in [0.2, 0.25) is 0 Å². The quantitative estimate of drug-likeness (QED) is 0.172. The number of fused-ring (bicyclic) bond motifs is 9. The van der Waals surface area contributed by atoms with Crippen LogP contribution in [0.4, 0.5) is 0 Å². The van der Waals surface area contributed by atoms with Gasteiger partial charge >= 0.3 is 0 Å². The van der Waals surface area contributed by atoms with Crippen LogP contribution in [0.3, 0.4) is 0 Å². The van der Waals surface area contributed by atoms with Crippen LogP contribution in [0.15, 0.2) is 206 Å². The summed E-state index contributed by atoms with van der Waals surface area (Å²) in [6, 6.07) is 75.9. The lowest BCUT2D eigenvalue weighted by Crippen LogP contribution is -1.96. The van der Waals surface area contributed by atoms with Crippen molar-refractivity contribution in [2.24, 2.45) is 0 Å². The van der Waals surface area contributed by atoms with E-state index in [-0.39, 0.29) is 0 Å². The van der Waals surface area contributed by atoms with Gasteiger partial charge in [-0.25, -0.2) is 0 Å². The smallest absolute Gasteiger partial charge is 0.0547 e. The van der Waals surface area contributed by atoms with Crippen molar-refractivity contribution in [3.05, 3.63) is 206 Å². The third-order valence-corrected chi connectivity index (χ3v) is 11.9. The molecule has 0 aliphatic carbocycles. The fourth-order valence-corrected chi connectivity index (χ4v) is 9.29. The lowest BCUT2D eigenvalue weighted by Gasteiger charge is -2.13. The average molecular weight is 711 g/mol. The molecule has 10 aromatic carbocycles. The Labute approximate surface area is 323 Å². The minimum Gasteiger partial charge on any atom is -0.309 e. The van der Waals surface area contributed by atoms with E-state index in [0.29, 0.717) is 0 Å². The molecule has 56 heavy (non-hydrogen) atoms. The van der Waals surface area contributed by atoms with Gasteiger partial charge in [0.05, 0.1) is 22.1 Å². The molecule has 0 spiro atoms. The van der Waals surface area contributed by atoms with E-state index in [2.05, 4.69) is 215 Å². The Morgan fingerprint density at radius 2 is 0.625 bits per heavy atom. The van der Waals surface area contributed by atoms with Gasteiger partial charge in [-0.2, -0.15) is 0 Å². The Morgan fingerprint density at radius 3 is 1.11 bits per heavy atom. The highest BCUT2D eigenvalue weighted by Crippen LogP contribution is 2.39. The molecular formula is C54H34N2. The third-order valence-electron chi connectivity index (χ3n) is 11.9. The monoisotopic (exact) mass is 710 g/mol. The van der Waals surface area contributed by atoms with E-state index < -0.39 is 0 Å². The van der Waals surface area contributed by atoms with Crippen molar-refractivity contribution in [2.75, 3.05) is 0 Å². The molecule has 0 saturated heterocycles. The maximum absolute atomic E-state index is 2.44. The number of hydrogen-bond donors (Lipinski definition) is 0. The summed E-state index contributed by atoms with van der Waals surface area (Å²) in [5, 5.41) is 12.5. The molecule has 0 saturated carbocycles. The van der Waals surface area contributed by atoms with E-state index in [0.717, 1.165) is 11.4 Å². The molecule has 0 aliphatic heterocycles. The first-order valence-electron chi connectivity index (χ1n) is 19.3. The molecule has 0 fully saturated rings. The molecular weight excluding hydrogens is 677 g/mol. The van der Waals surface area contributed by atoms with Crippen molar-refractivity contribution in [1.82, 2.24) is 9.13 Å².